The molecule has 0 N–H and O–H groups in total. The first-order chi connectivity index (χ1) is 26.2. The highest BCUT2D eigenvalue weighted by Gasteiger charge is 2.25. The van der Waals surface area contributed by atoms with E-state index < -0.39 is 0 Å². The number of rotatable bonds is 35. The second-order valence-electron chi connectivity index (χ2n) is 16.8. The molecule has 1 unspecified atom stereocenters. The van der Waals surface area contributed by atoms with E-state index in [9.17, 15) is 0 Å². The van der Waals surface area contributed by atoms with Gasteiger partial charge < -0.3 is 0 Å². The van der Waals surface area contributed by atoms with Crippen LogP contribution in [0.5, 0.6) is 0 Å². The molecule has 0 amide bonds. The quantitative estimate of drug-likeness (QED) is 0.0422. The monoisotopic (exact) mass is 726 g/mol. The molecule has 0 fully saturated rings. The summed E-state index contributed by atoms with van der Waals surface area (Å²) in [6, 6.07) is 22.4. The lowest BCUT2D eigenvalue weighted by atomic mass is 9.96. The van der Waals surface area contributed by atoms with Gasteiger partial charge in [-0.3, -0.25) is 0 Å². The van der Waals surface area contributed by atoms with Crippen LogP contribution in [0.2, 0.25) is 0 Å². The van der Waals surface area contributed by atoms with E-state index in [-0.39, 0.29) is 0 Å². The van der Waals surface area contributed by atoms with E-state index in [4.69, 9.17) is 0 Å². The highest BCUT2D eigenvalue weighted by Crippen LogP contribution is 2.22. The van der Waals surface area contributed by atoms with Crippen LogP contribution in [0.1, 0.15) is 229 Å². The van der Waals surface area contributed by atoms with Crippen LogP contribution in [-0.4, -0.2) is 4.57 Å². The van der Waals surface area contributed by atoms with Gasteiger partial charge in [0.25, 0.3) is 5.82 Å². The van der Waals surface area contributed by atoms with Crippen molar-refractivity contribution in [3.63, 3.8) is 0 Å². The van der Waals surface area contributed by atoms with Gasteiger partial charge in [0.2, 0.25) is 0 Å². The first-order valence-electron chi connectivity index (χ1n) is 23.4. The van der Waals surface area contributed by atoms with E-state index in [1.54, 1.807) is 0 Å². The Bertz CT molecular complexity index is 1230. The van der Waals surface area contributed by atoms with Crippen LogP contribution in [0, 0.1) is 0 Å². The van der Waals surface area contributed by atoms with Crippen molar-refractivity contribution < 1.29 is 4.57 Å². The molecule has 0 aliphatic heterocycles. The summed E-state index contributed by atoms with van der Waals surface area (Å²) in [5.74, 6) is 2.04. The third-order valence-electron chi connectivity index (χ3n) is 11.9. The van der Waals surface area contributed by atoms with Gasteiger partial charge in [-0.15, -0.1) is 0 Å². The number of benzene rings is 2. The molecule has 0 spiro atoms. The van der Waals surface area contributed by atoms with Crippen LogP contribution in [0.4, 0.5) is 0 Å². The average Bonchev–Trinajstić information content (AvgIpc) is 3.50. The van der Waals surface area contributed by atoms with E-state index in [1.807, 2.05) is 0 Å². The van der Waals surface area contributed by atoms with Crippen LogP contribution in [0.3, 0.4) is 0 Å². The lowest BCUT2D eigenvalue weighted by molar-refractivity contribution is -0.710. The summed E-state index contributed by atoms with van der Waals surface area (Å²) in [6.07, 6.45) is 44.3. The predicted octanol–water partition coefficient (Wildman–Crippen LogP) is 15.7. The molecule has 0 radical (unpaired) electrons. The first kappa shape index (κ1) is 45.0. The number of nitrogens with zero attached hydrogens (tertiary/aromatic N) is 2. The number of aromatic nitrogens is 2. The highest BCUT2D eigenvalue weighted by molar-refractivity contribution is 5.21. The van der Waals surface area contributed by atoms with Crippen molar-refractivity contribution in [3.05, 3.63) is 89.5 Å². The molecule has 298 valence electrons. The molecule has 1 heterocycles. The van der Waals surface area contributed by atoms with Gasteiger partial charge in [-0.05, 0) is 42.7 Å². The van der Waals surface area contributed by atoms with Gasteiger partial charge in [-0.2, -0.15) is 0 Å². The van der Waals surface area contributed by atoms with Gasteiger partial charge in [-0.25, -0.2) is 9.13 Å². The zero-order valence-electron chi connectivity index (χ0n) is 35.5. The molecule has 0 aliphatic carbocycles. The normalized spacial score (nSPS) is 12.1. The summed E-state index contributed by atoms with van der Waals surface area (Å²) < 4.78 is 5.43. The molecular formula is C51H85N2+. The zero-order valence-corrected chi connectivity index (χ0v) is 35.5. The van der Waals surface area contributed by atoms with E-state index in [0.717, 1.165) is 25.9 Å². The second kappa shape index (κ2) is 30.9. The molecule has 3 aromatic rings. The number of unbranched alkanes of at least 4 members (excludes halogenated alkanes) is 26. The Morgan fingerprint density at radius 2 is 0.868 bits per heavy atom. The van der Waals surface area contributed by atoms with Crippen molar-refractivity contribution in [3.8, 4) is 0 Å². The Morgan fingerprint density at radius 3 is 1.32 bits per heavy atom. The largest absolute Gasteiger partial charge is 0.261 e. The lowest BCUT2D eigenvalue weighted by Crippen LogP contribution is -2.41. The van der Waals surface area contributed by atoms with Gasteiger partial charge in [-0.1, -0.05) is 236 Å². The van der Waals surface area contributed by atoms with E-state index in [2.05, 4.69) is 96.8 Å². The van der Waals surface area contributed by atoms with Gasteiger partial charge in [0.05, 0.1) is 19.5 Å². The Labute approximate surface area is 330 Å². The van der Waals surface area contributed by atoms with Crippen LogP contribution in [-0.2, 0) is 25.9 Å². The molecule has 0 saturated heterocycles. The van der Waals surface area contributed by atoms with Crippen LogP contribution in [0.25, 0.3) is 0 Å². The Hall–Kier alpha value is -2.35. The molecule has 1 atom stereocenters. The molecule has 0 aliphatic rings. The molecule has 2 aromatic carbocycles. The minimum atomic E-state index is 0.514. The number of hydrogen-bond acceptors (Lipinski definition) is 0. The fourth-order valence-corrected chi connectivity index (χ4v) is 8.40. The van der Waals surface area contributed by atoms with Gasteiger partial charge in [0.1, 0.15) is 11.9 Å². The predicted molar refractivity (Wildman–Crippen MR) is 233 cm³/mol. The minimum absolute atomic E-state index is 0.514. The average molecular weight is 726 g/mol. The van der Waals surface area contributed by atoms with Crippen molar-refractivity contribution in [2.45, 2.75) is 232 Å². The number of imidazole rings is 1. The Kier molecular flexibility index (Phi) is 26.3. The minimum Gasteiger partial charge on any atom is -0.234 e. The maximum Gasteiger partial charge on any atom is 0.261 e. The SMILES string of the molecule is CCCCCCCCCCCCCCCCCC[n+]1c(CC(C)c2ccccc2)cn(CCCCCCCCCCCCCC)c1Cc1ccccc1. The lowest BCUT2D eigenvalue weighted by Gasteiger charge is -2.12. The van der Waals surface area contributed by atoms with Gasteiger partial charge >= 0.3 is 0 Å². The van der Waals surface area contributed by atoms with Gasteiger partial charge in [0.15, 0.2) is 0 Å². The molecule has 0 saturated carbocycles. The van der Waals surface area contributed by atoms with E-state index in [1.165, 1.54) is 202 Å². The summed E-state index contributed by atoms with van der Waals surface area (Å²) >= 11 is 0. The summed E-state index contributed by atoms with van der Waals surface area (Å²) in [7, 11) is 0. The zero-order chi connectivity index (χ0) is 37.4. The summed E-state index contributed by atoms with van der Waals surface area (Å²) in [4.78, 5) is 0. The van der Waals surface area contributed by atoms with Crippen molar-refractivity contribution in [1.82, 2.24) is 4.57 Å². The van der Waals surface area contributed by atoms with E-state index in [0.29, 0.717) is 5.92 Å². The Morgan fingerprint density at radius 1 is 0.472 bits per heavy atom. The maximum atomic E-state index is 2.76. The highest BCUT2D eigenvalue weighted by atomic mass is 15.2. The molecular weight excluding hydrogens is 641 g/mol. The molecule has 0 bridgehead atoms. The third kappa shape index (κ3) is 20.8. The third-order valence-corrected chi connectivity index (χ3v) is 11.9. The van der Waals surface area contributed by atoms with Crippen LogP contribution in [0.15, 0.2) is 66.9 Å². The molecule has 1 aromatic heterocycles. The van der Waals surface area contributed by atoms with Crippen LogP contribution >= 0.6 is 0 Å². The van der Waals surface area contributed by atoms with E-state index >= 15 is 0 Å². The first-order valence-corrected chi connectivity index (χ1v) is 23.4. The molecule has 3 rings (SSSR count). The molecule has 2 nitrogen and oxygen atoms in total. The molecule has 53 heavy (non-hydrogen) atoms. The Balaban J connectivity index is 1.49. The number of hydrogen-bond donors (Lipinski definition) is 0. The van der Waals surface area contributed by atoms with Crippen molar-refractivity contribution in [2.75, 3.05) is 0 Å². The standard InChI is InChI=1S/C51H85N2/c1-4-6-8-10-12-14-16-18-19-20-21-23-25-27-29-37-43-53-50(44-47(3)49-40-34-31-35-41-49)46-52(51(53)45-48-38-32-30-33-39-48)42-36-28-26-24-22-17-15-13-11-9-7-5-2/h30-35,38-41,46-47H,4-29,36-37,42-45H2,1-3H3/q+1. The summed E-state index contributed by atoms with van der Waals surface area (Å²) in [5.41, 5.74) is 4.43. The molecule has 2 heteroatoms. The summed E-state index contributed by atoms with van der Waals surface area (Å²) in [5, 5.41) is 0. The smallest absolute Gasteiger partial charge is 0.234 e. The van der Waals surface area contributed by atoms with Crippen molar-refractivity contribution in [2.24, 2.45) is 0 Å². The second-order valence-corrected chi connectivity index (χ2v) is 16.8. The summed E-state index contributed by atoms with van der Waals surface area (Å²) in [6.45, 7) is 9.35. The fourth-order valence-electron chi connectivity index (χ4n) is 8.40. The van der Waals surface area contributed by atoms with Crippen LogP contribution < -0.4 is 4.57 Å². The topological polar surface area (TPSA) is 8.81 Å². The fraction of sp³-hybridized carbons (Fsp3) is 0.706. The number of aryl methyl sites for hydroxylation is 1. The van der Waals surface area contributed by atoms with Crippen molar-refractivity contribution >= 4 is 0 Å². The van der Waals surface area contributed by atoms with Gasteiger partial charge in [0, 0.05) is 6.42 Å². The maximum absolute atomic E-state index is 2.76. The van der Waals surface area contributed by atoms with Crippen molar-refractivity contribution in [1.29, 1.82) is 0 Å².